The average Bonchev–Trinajstić information content (AvgIpc) is 2.78. The number of morpholine rings is 1. The second-order valence-corrected chi connectivity index (χ2v) is 11.2. The molecule has 0 unspecified atom stereocenters. The molecule has 32 heavy (non-hydrogen) atoms. The van der Waals surface area contributed by atoms with Crippen molar-refractivity contribution in [3.63, 3.8) is 0 Å². The summed E-state index contributed by atoms with van der Waals surface area (Å²) in [5.74, 6) is -0.256. The highest BCUT2D eigenvalue weighted by molar-refractivity contribution is 7.92. The largest absolute Gasteiger partial charge is 0.476 e. The zero-order valence-corrected chi connectivity index (χ0v) is 18.9. The van der Waals surface area contributed by atoms with Gasteiger partial charge in [-0.25, -0.2) is 16.8 Å². The van der Waals surface area contributed by atoms with Gasteiger partial charge in [-0.1, -0.05) is 12.1 Å². The highest BCUT2D eigenvalue weighted by Crippen LogP contribution is 2.34. The van der Waals surface area contributed by atoms with E-state index in [0.717, 1.165) is 10.6 Å². The Hall–Kier alpha value is -2.67. The van der Waals surface area contributed by atoms with Crippen LogP contribution in [0.3, 0.4) is 0 Å². The molecule has 1 fully saturated rings. The van der Waals surface area contributed by atoms with Crippen molar-refractivity contribution in [2.75, 3.05) is 48.7 Å². The van der Waals surface area contributed by atoms with E-state index in [2.05, 4.69) is 5.32 Å². The van der Waals surface area contributed by atoms with Crippen LogP contribution in [0.2, 0.25) is 0 Å². The molecule has 2 aromatic carbocycles. The standard InChI is InChI=1S/C20H23N3O7S2/c1-31(25,26)23-14-19(30-18-5-3-2-4-17(18)23)20(24)21-15-6-8-16(9-7-15)32(27,28)22-10-12-29-13-11-22/h2-9,19H,10-14H2,1H3,(H,21,24)/t19-/m0/s1. The molecule has 172 valence electrons. The van der Waals surface area contributed by atoms with Crippen LogP contribution < -0.4 is 14.4 Å². The van der Waals surface area contributed by atoms with Crippen LogP contribution in [0.4, 0.5) is 11.4 Å². The molecule has 1 amide bonds. The molecular formula is C20H23N3O7S2. The molecule has 0 spiro atoms. The van der Waals surface area contributed by atoms with Crippen molar-refractivity contribution >= 4 is 37.3 Å². The van der Waals surface area contributed by atoms with Gasteiger partial charge in [-0.15, -0.1) is 0 Å². The number of amides is 1. The third kappa shape index (κ3) is 4.58. The first kappa shape index (κ1) is 22.5. The second kappa shape index (κ2) is 8.70. The minimum Gasteiger partial charge on any atom is -0.476 e. The van der Waals surface area contributed by atoms with Crippen molar-refractivity contribution in [3.8, 4) is 5.75 Å². The topological polar surface area (TPSA) is 122 Å². The van der Waals surface area contributed by atoms with Crippen LogP contribution in [0.1, 0.15) is 0 Å². The molecule has 2 aliphatic heterocycles. The van der Waals surface area contributed by atoms with Crippen molar-refractivity contribution in [2.24, 2.45) is 0 Å². The molecule has 0 radical (unpaired) electrons. The van der Waals surface area contributed by atoms with Gasteiger partial charge in [0.2, 0.25) is 20.0 Å². The number of ether oxygens (including phenoxy) is 2. The summed E-state index contributed by atoms with van der Waals surface area (Å²) in [6.45, 7) is 1.10. The molecule has 0 saturated carbocycles. The van der Waals surface area contributed by atoms with E-state index in [1.807, 2.05) is 0 Å². The Morgan fingerprint density at radius 2 is 1.66 bits per heavy atom. The summed E-state index contributed by atoms with van der Waals surface area (Å²) >= 11 is 0. The molecule has 1 saturated heterocycles. The molecule has 0 aromatic heterocycles. The quantitative estimate of drug-likeness (QED) is 0.672. The van der Waals surface area contributed by atoms with E-state index in [-0.39, 0.29) is 30.3 Å². The smallest absolute Gasteiger partial charge is 0.267 e. The number of anilines is 2. The lowest BCUT2D eigenvalue weighted by Gasteiger charge is -2.33. The molecule has 0 bridgehead atoms. The molecule has 2 aliphatic rings. The Labute approximate surface area is 186 Å². The van der Waals surface area contributed by atoms with Gasteiger partial charge in [0.15, 0.2) is 6.10 Å². The number of benzene rings is 2. The number of carbonyl (C=O) groups is 1. The zero-order valence-electron chi connectivity index (χ0n) is 17.3. The first-order valence-corrected chi connectivity index (χ1v) is 13.2. The third-order valence-electron chi connectivity index (χ3n) is 5.16. The first-order valence-electron chi connectivity index (χ1n) is 9.88. The van der Waals surface area contributed by atoms with Crippen molar-refractivity contribution in [3.05, 3.63) is 48.5 Å². The fourth-order valence-corrected chi connectivity index (χ4v) is 5.84. The minimum absolute atomic E-state index is 0.114. The Morgan fingerprint density at radius 3 is 2.31 bits per heavy atom. The lowest BCUT2D eigenvalue weighted by molar-refractivity contribution is -0.122. The number of nitrogens with zero attached hydrogens (tertiary/aromatic N) is 2. The van der Waals surface area contributed by atoms with E-state index in [1.54, 1.807) is 24.3 Å². The van der Waals surface area contributed by atoms with E-state index in [9.17, 15) is 21.6 Å². The number of fused-ring (bicyclic) bond motifs is 1. The van der Waals surface area contributed by atoms with Crippen LogP contribution in [0.5, 0.6) is 5.75 Å². The number of hydrogen-bond acceptors (Lipinski definition) is 7. The lowest BCUT2D eigenvalue weighted by Crippen LogP contribution is -2.48. The predicted octanol–water partition coefficient (Wildman–Crippen LogP) is 0.873. The van der Waals surface area contributed by atoms with Gasteiger partial charge in [0.1, 0.15) is 5.75 Å². The number of hydrogen-bond donors (Lipinski definition) is 1. The fourth-order valence-electron chi connectivity index (χ4n) is 3.52. The van der Waals surface area contributed by atoms with E-state index in [1.165, 1.54) is 28.6 Å². The van der Waals surface area contributed by atoms with Crippen molar-refractivity contribution < 1.29 is 31.1 Å². The van der Waals surface area contributed by atoms with Gasteiger partial charge in [-0.05, 0) is 36.4 Å². The summed E-state index contributed by atoms with van der Waals surface area (Å²) in [4.78, 5) is 12.9. The van der Waals surface area contributed by atoms with Gasteiger partial charge in [0, 0.05) is 18.8 Å². The Bertz CT molecular complexity index is 1210. The Morgan fingerprint density at radius 1 is 1.00 bits per heavy atom. The summed E-state index contributed by atoms with van der Waals surface area (Å²) < 4.78 is 63.2. The SMILES string of the molecule is CS(=O)(=O)N1C[C@@H](C(=O)Nc2ccc(S(=O)(=O)N3CCOCC3)cc2)Oc2ccccc21. The van der Waals surface area contributed by atoms with Crippen LogP contribution in [0, 0.1) is 0 Å². The molecule has 2 aromatic rings. The lowest BCUT2D eigenvalue weighted by atomic mass is 10.2. The zero-order chi connectivity index (χ0) is 22.9. The molecule has 10 nitrogen and oxygen atoms in total. The maximum Gasteiger partial charge on any atom is 0.267 e. The van der Waals surface area contributed by atoms with Crippen molar-refractivity contribution in [2.45, 2.75) is 11.0 Å². The predicted molar refractivity (Wildman–Crippen MR) is 118 cm³/mol. The number of nitrogens with one attached hydrogen (secondary N) is 1. The van der Waals surface area contributed by atoms with Crippen LogP contribution in [-0.4, -0.2) is 72.3 Å². The van der Waals surface area contributed by atoms with Crippen molar-refractivity contribution in [1.29, 1.82) is 0 Å². The molecule has 1 atom stereocenters. The number of sulfonamides is 2. The highest BCUT2D eigenvalue weighted by atomic mass is 32.2. The summed E-state index contributed by atoms with van der Waals surface area (Å²) in [6.07, 6.45) is -0.00564. The van der Waals surface area contributed by atoms with Gasteiger partial charge in [0.25, 0.3) is 5.91 Å². The number of carbonyl (C=O) groups excluding carboxylic acids is 1. The molecule has 4 rings (SSSR count). The summed E-state index contributed by atoms with van der Waals surface area (Å²) in [5, 5.41) is 2.66. The van der Waals surface area contributed by atoms with Gasteiger partial charge >= 0.3 is 0 Å². The third-order valence-corrected chi connectivity index (χ3v) is 8.22. The van der Waals surface area contributed by atoms with Gasteiger partial charge in [0.05, 0.1) is 36.6 Å². The van der Waals surface area contributed by atoms with E-state index in [0.29, 0.717) is 24.6 Å². The summed E-state index contributed by atoms with van der Waals surface area (Å²) in [7, 11) is -7.26. The average molecular weight is 482 g/mol. The van der Waals surface area contributed by atoms with Crippen LogP contribution in [0.25, 0.3) is 0 Å². The number of rotatable bonds is 5. The summed E-state index contributed by atoms with van der Waals surface area (Å²) in [5.41, 5.74) is 0.737. The molecule has 12 heteroatoms. The minimum atomic E-state index is -3.64. The molecule has 2 heterocycles. The Kier molecular flexibility index (Phi) is 6.12. The van der Waals surface area contributed by atoms with E-state index >= 15 is 0 Å². The maximum absolute atomic E-state index is 12.8. The van der Waals surface area contributed by atoms with E-state index in [4.69, 9.17) is 9.47 Å². The van der Waals surface area contributed by atoms with Crippen molar-refractivity contribution in [1.82, 2.24) is 4.31 Å². The number of para-hydroxylation sites is 2. The molecule has 1 N–H and O–H groups in total. The van der Waals surface area contributed by atoms with Crippen LogP contribution in [-0.2, 0) is 29.6 Å². The van der Waals surface area contributed by atoms with Gasteiger partial charge in [-0.3, -0.25) is 9.10 Å². The van der Waals surface area contributed by atoms with Gasteiger partial charge < -0.3 is 14.8 Å². The molecular weight excluding hydrogens is 458 g/mol. The first-order chi connectivity index (χ1) is 15.2. The maximum atomic E-state index is 12.8. The van der Waals surface area contributed by atoms with Gasteiger partial charge in [-0.2, -0.15) is 4.31 Å². The highest BCUT2D eigenvalue weighted by Gasteiger charge is 2.35. The monoisotopic (exact) mass is 481 g/mol. The van der Waals surface area contributed by atoms with E-state index < -0.39 is 32.1 Å². The van der Waals surface area contributed by atoms with Crippen LogP contribution >= 0.6 is 0 Å². The second-order valence-electron chi connectivity index (χ2n) is 7.40. The molecule has 0 aliphatic carbocycles. The Balaban J connectivity index is 1.48. The fraction of sp³-hybridized carbons (Fsp3) is 0.350. The van der Waals surface area contributed by atoms with Crippen LogP contribution in [0.15, 0.2) is 53.4 Å². The summed E-state index contributed by atoms with van der Waals surface area (Å²) in [6, 6.07) is 12.4. The normalized spacial score (nSPS) is 19.7.